The van der Waals surface area contributed by atoms with Crippen LogP contribution in [0.15, 0.2) is 28.7 Å². The van der Waals surface area contributed by atoms with Crippen molar-refractivity contribution in [3.63, 3.8) is 0 Å². The van der Waals surface area contributed by atoms with Gasteiger partial charge in [0.25, 0.3) is 6.01 Å². The maximum absolute atomic E-state index is 9.50. The van der Waals surface area contributed by atoms with Crippen molar-refractivity contribution < 1.29 is 9.52 Å². The summed E-state index contributed by atoms with van der Waals surface area (Å²) in [6, 6.07) is 8.20. The number of anilines is 1. The summed E-state index contributed by atoms with van der Waals surface area (Å²) in [7, 11) is 0. The standard InChI is InChI=1S/C14H20N2O2/c1-3-14(4-2,10-17)9-15-13-16-11-7-5-6-8-12(11)18-13/h5-8,17H,3-4,9-10H2,1-2H3,(H,15,16). The third-order valence-electron chi connectivity index (χ3n) is 3.74. The minimum Gasteiger partial charge on any atom is -0.424 e. The van der Waals surface area contributed by atoms with Gasteiger partial charge in [-0.25, -0.2) is 0 Å². The average molecular weight is 248 g/mol. The normalized spacial score (nSPS) is 11.9. The molecule has 4 nitrogen and oxygen atoms in total. The van der Waals surface area contributed by atoms with E-state index in [0.29, 0.717) is 12.6 Å². The number of aliphatic hydroxyl groups excluding tert-OH is 1. The average Bonchev–Trinajstić information content (AvgIpc) is 2.84. The number of oxazole rings is 1. The number of benzene rings is 1. The molecule has 18 heavy (non-hydrogen) atoms. The van der Waals surface area contributed by atoms with E-state index in [9.17, 15) is 5.11 Å². The van der Waals surface area contributed by atoms with E-state index in [-0.39, 0.29) is 12.0 Å². The van der Waals surface area contributed by atoms with E-state index >= 15 is 0 Å². The molecular formula is C14H20N2O2. The van der Waals surface area contributed by atoms with E-state index in [1.54, 1.807) is 0 Å². The maximum Gasteiger partial charge on any atom is 0.295 e. The van der Waals surface area contributed by atoms with Gasteiger partial charge in [0.2, 0.25) is 0 Å². The van der Waals surface area contributed by atoms with Crippen molar-refractivity contribution in [1.82, 2.24) is 4.98 Å². The monoisotopic (exact) mass is 248 g/mol. The van der Waals surface area contributed by atoms with Gasteiger partial charge in [0.1, 0.15) is 5.52 Å². The van der Waals surface area contributed by atoms with Crippen LogP contribution < -0.4 is 5.32 Å². The molecule has 0 spiro atoms. The molecule has 0 unspecified atom stereocenters. The number of rotatable bonds is 6. The first-order valence-electron chi connectivity index (χ1n) is 6.43. The minimum absolute atomic E-state index is 0.0966. The Labute approximate surface area is 107 Å². The number of nitrogens with zero attached hydrogens (tertiary/aromatic N) is 1. The number of aromatic nitrogens is 1. The van der Waals surface area contributed by atoms with Crippen molar-refractivity contribution in [3.05, 3.63) is 24.3 Å². The molecule has 4 heteroatoms. The van der Waals surface area contributed by atoms with Crippen LogP contribution in [0, 0.1) is 5.41 Å². The van der Waals surface area contributed by atoms with E-state index in [4.69, 9.17) is 4.42 Å². The largest absolute Gasteiger partial charge is 0.424 e. The maximum atomic E-state index is 9.50. The molecule has 1 aromatic heterocycles. The molecule has 2 rings (SSSR count). The Morgan fingerprint density at radius 2 is 2.00 bits per heavy atom. The molecule has 98 valence electrons. The van der Waals surface area contributed by atoms with Gasteiger partial charge in [-0.15, -0.1) is 0 Å². The lowest BCUT2D eigenvalue weighted by atomic mass is 9.83. The van der Waals surface area contributed by atoms with Gasteiger partial charge >= 0.3 is 0 Å². The summed E-state index contributed by atoms with van der Waals surface area (Å²) in [4.78, 5) is 4.36. The number of aliphatic hydroxyl groups is 1. The topological polar surface area (TPSA) is 58.3 Å². The second kappa shape index (κ2) is 5.40. The predicted molar refractivity (Wildman–Crippen MR) is 72.6 cm³/mol. The summed E-state index contributed by atoms with van der Waals surface area (Å²) in [6.45, 7) is 5.03. The molecule has 2 N–H and O–H groups in total. The van der Waals surface area contributed by atoms with Crippen LogP contribution in [-0.4, -0.2) is 23.2 Å². The smallest absolute Gasteiger partial charge is 0.295 e. The lowest BCUT2D eigenvalue weighted by Gasteiger charge is -2.29. The van der Waals surface area contributed by atoms with Gasteiger partial charge in [0.05, 0.1) is 6.61 Å². The number of fused-ring (bicyclic) bond motifs is 1. The summed E-state index contributed by atoms with van der Waals surface area (Å²) in [6.07, 6.45) is 1.85. The van der Waals surface area contributed by atoms with Gasteiger partial charge < -0.3 is 14.8 Å². The van der Waals surface area contributed by atoms with Gasteiger partial charge in [0, 0.05) is 12.0 Å². The minimum atomic E-state index is -0.0966. The van der Waals surface area contributed by atoms with Crippen LogP contribution in [0.25, 0.3) is 11.1 Å². The third kappa shape index (κ3) is 2.48. The van der Waals surface area contributed by atoms with E-state index in [1.165, 1.54) is 0 Å². The Balaban J connectivity index is 2.09. The Morgan fingerprint density at radius 1 is 1.28 bits per heavy atom. The first kappa shape index (κ1) is 12.9. The van der Waals surface area contributed by atoms with Gasteiger partial charge in [-0.2, -0.15) is 4.98 Å². The second-order valence-electron chi connectivity index (χ2n) is 4.71. The van der Waals surface area contributed by atoms with Crippen molar-refractivity contribution in [1.29, 1.82) is 0 Å². The fraction of sp³-hybridized carbons (Fsp3) is 0.500. The summed E-state index contributed by atoms with van der Waals surface area (Å²) in [5.74, 6) is 0. The lowest BCUT2D eigenvalue weighted by Crippen LogP contribution is -2.32. The highest BCUT2D eigenvalue weighted by Gasteiger charge is 2.25. The van der Waals surface area contributed by atoms with Crippen molar-refractivity contribution in [2.45, 2.75) is 26.7 Å². The van der Waals surface area contributed by atoms with E-state index in [2.05, 4.69) is 24.1 Å². The molecule has 0 amide bonds. The quantitative estimate of drug-likeness (QED) is 0.825. The van der Waals surface area contributed by atoms with E-state index < -0.39 is 0 Å². The fourth-order valence-electron chi connectivity index (χ4n) is 1.99. The summed E-state index contributed by atoms with van der Waals surface area (Å²) >= 11 is 0. The van der Waals surface area contributed by atoms with Gasteiger partial charge in [-0.05, 0) is 25.0 Å². The molecule has 2 aromatic rings. The molecule has 0 fully saturated rings. The van der Waals surface area contributed by atoms with Crippen LogP contribution in [-0.2, 0) is 0 Å². The lowest BCUT2D eigenvalue weighted by molar-refractivity contribution is 0.126. The van der Waals surface area contributed by atoms with Crippen molar-refractivity contribution in [3.8, 4) is 0 Å². The molecule has 0 aliphatic heterocycles. The van der Waals surface area contributed by atoms with E-state index in [0.717, 1.165) is 23.9 Å². The molecule has 1 heterocycles. The van der Waals surface area contributed by atoms with E-state index in [1.807, 2.05) is 24.3 Å². The van der Waals surface area contributed by atoms with Crippen LogP contribution in [0.2, 0.25) is 0 Å². The SMILES string of the molecule is CCC(CC)(CO)CNc1nc2ccccc2o1. The third-order valence-corrected chi connectivity index (χ3v) is 3.74. The Kier molecular flexibility index (Phi) is 3.87. The summed E-state index contributed by atoms with van der Waals surface area (Å²) < 4.78 is 5.59. The highest BCUT2D eigenvalue weighted by molar-refractivity contribution is 5.74. The van der Waals surface area contributed by atoms with Crippen molar-refractivity contribution in [2.75, 3.05) is 18.5 Å². The molecule has 0 radical (unpaired) electrons. The molecule has 1 aromatic carbocycles. The fourth-order valence-corrected chi connectivity index (χ4v) is 1.99. The van der Waals surface area contributed by atoms with Crippen molar-refractivity contribution in [2.24, 2.45) is 5.41 Å². The predicted octanol–water partition coefficient (Wildman–Crippen LogP) is 3.04. The second-order valence-corrected chi connectivity index (χ2v) is 4.71. The van der Waals surface area contributed by atoms with Crippen LogP contribution in [0.5, 0.6) is 0 Å². The molecule has 0 aliphatic rings. The zero-order chi connectivity index (χ0) is 13.0. The summed E-state index contributed by atoms with van der Waals surface area (Å²) in [5.41, 5.74) is 1.53. The molecular weight excluding hydrogens is 228 g/mol. The number of hydrogen-bond acceptors (Lipinski definition) is 4. The molecule has 0 atom stereocenters. The van der Waals surface area contributed by atoms with Crippen LogP contribution in [0.4, 0.5) is 6.01 Å². The van der Waals surface area contributed by atoms with Gasteiger partial charge in [-0.1, -0.05) is 26.0 Å². The highest BCUT2D eigenvalue weighted by Crippen LogP contribution is 2.26. The summed E-state index contributed by atoms with van der Waals surface area (Å²) in [5, 5.41) is 12.7. The first-order chi connectivity index (χ1) is 8.73. The molecule has 0 aliphatic carbocycles. The first-order valence-corrected chi connectivity index (χ1v) is 6.43. The van der Waals surface area contributed by atoms with Crippen LogP contribution >= 0.6 is 0 Å². The van der Waals surface area contributed by atoms with Crippen LogP contribution in [0.1, 0.15) is 26.7 Å². The number of para-hydroxylation sites is 2. The Bertz CT molecular complexity index is 462. The number of nitrogens with one attached hydrogen (secondary N) is 1. The van der Waals surface area contributed by atoms with Gasteiger partial charge in [-0.3, -0.25) is 0 Å². The number of hydrogen-bond donors (Lipinski definition) is 2. The van der Waals surface area contributed by atoms with Crippen molar-refractivity contribution >= 4 is 17.1 Å². The molecule has 0 saturated heterocycles. The zero-order valence-electron chi connectivity index (χ0n) is 10.9. The zero-order valence-corrected chi connectivity index (χ0v) is 10.9. The molecule has 0 bridgehead atoms. The Hall–Kier alpha value is -1.55. The van der Waals surface area contributed by atoms with Gasteiger partial charge in [0.15, 0.2) is 5.58 Å². The van der Waals surface area contributed by atoms with Crippen LogP contribution in [0.3, 0.4) is 0 Å². The Morgan fingerprint density at radius 3 is 2.61 bits per heavy atom. The highest BCUT2D eigenvalue weighted by atomic mass is 16.4. The molecule has 0 saturated carbocycles.